The molecule has 0 saturated carbocycles. The molecular weight excluding hydrogens is 522 g/mol. The van der Waals surface area contributed by atoms with Crippen molar-refractivity contribution in [2.24, 2.45) is 5.92 Å². The van der Waals surface area contributed by atoms with Gasteiger partial charge in [0, 0.05) is 34.7 Å². The minimum atomic E-state index is -0.438. The Kier molecular flexibility index (Phi) is 6.30. The molecule has 3 unspecified atom stereocenters. The summed E-state index contributed by atoms with van der Waals surface area (Å²) in [4.78, 5) is 15.3. The zero-order valence-corrected chi connectivity index (χ0v) is 23.8. The van der Waals surface area contributed by atoms with Crippen molar-refractivity contribution < 1.29 is 0 Å². The maximum Gasteiger partial charge on any atom is 0.160 e. The van der Waals surface area contributed by atoms with E-state index in [1.807, 2.05) is 18.3 Å². The number of aromatic nitrogens is 3. The van der Waals surface area contributed by atoms with E-state index in [0.29, 0.717) is 0 Å². The molecule has 3 aliphatic rings. The Balaban J connectivity index is 1.38. The van der Waals surface area contributed by atoms with Crippen LogP contribution in [-0.2, 0) is 5.41 Å². The number of allylic oxidation sites excluding steroid dienone is 8. The molecule has 2 aromatic heterocycles. The molecular formula is C40H31N3. The number of nitrogens with zero attached hydrogens (tertiary/aromatic N) is 3. The van der Waals surface area contributed by atoms with E-state index in [-0.39, 0.29) is 11.8 Å². The fraction of sp³-hybridized carbons (Fsp3) is 0.125. The Morgan fingerprint density at radius 2 is 1.44 bits per heavy atom. The van der Waals surface area contributed by atoms with Crippen LogP contribution < -0.4 is 0 Å². The van der Waals surface area contributed by atoms with Gasteiger partial charge in [-0.1, -0.05) is 121 Å². The molecule has 0 N–H and O–H groups in total. The first-order valence-corrected chi connectivity index (χ1v) is 15.1. The van der Waals surface area contributed by atoms with E-state index in [1.165, 1.54) is 16.7 Å². The van der Waals surface area contributed by atoms with E-state index >= 15 is 0 Å². The highest BCUT2D eigenvalue weighted by Gasteiger charge is 2.53. The van der Waals surface area contributed by atoms with Gasteiger partial charge in [0.1, 0.15) is 0 Å². The third-order valence-corrected chi connectivity index (χ3v) is 9.11. The summed E-state index contributed by atoms with van der Waals surface area (Å²) in [7, 11) is 0. The highest BCUT2D eigenvalue weighted by Crippen LogP contribution is 2.59. The molecule has 0 radical (unpaired) electrons. The minimum Gasteiger partial charge on any atom is -0.260 e. The molecule has 0 aliphatic heterocycles. The Bertz CT molecular complexity index is 1880. The largest absolute Gasteiger partial charge is 0.260 e. The van der Waals surface area contributed by atoms with Gasteiger partial charge in [-0.15, -0.1) is 0 Å². The van der Waals surface area contributed by atoms with E-state index in [4.69, 9.17) is 15.0 Å². The van der Waals surface area contributed by atoms with Crippen molar-refractivity contribution in [2.45, 2.75) is 24.2 Å². The second-order valence-corrected chi connectivity index (χ2v) is 11.5. The maximum absolute atomic E-state index is 5.19. The molecule has 206 valence electrons. The van der Waals surface area contributed by atoms with Gasteiger partial charge in [0.15, 0.2) is 5.82 Å². The minimum absolute atomic E-state index is 0.207. The first-order chi connectivity index (χ1) is 21.3. The fourth-order valence-electron chi connectivity index (χ4n) is 7.21. The number of hydrogen-bond donors (Lipinski definition) is 0. The van der Waals surface area contributed by atoms with Crippen molar-refractivity contribution >= 4 is 5.57 Å². The molecule has 3 atom stereocenters. The number of hydrogen-bond acceptors (Lipinski definition) is 3. The van der Waals surface area contributed by atoms with Gasteiger partial charge < -0.3 is 0 Å². The molecule has 5 aromatic rings. The van der Waals surface area contributed by atoms with Crippen LogP contribution in [0.4, 0.5) is 0 Å². The summed E-state index contributed by atoms with van der Waals surface area (Å²) in [5.41, 5.74) is 9.63. The average Bonchev–Trinajstić information content (AvgIpc) is 3.40. The number of rotatable bonds is 5. The van der Waals surface area contributed by atoms with Crippen molar-refractivity contribution in [1.29, 1.82) is 0 Å². The van der Waals surface area contributed by atoms with Crippen LogP contribution in [0.5, 0.6) is 0 Å². The summed E-state index contributed by atoms with van der Waals surface area (Å²) in [6.45, 7) is 0. The van der Waals surface area contributed by atoms with E-state index in [2.05, 4.69) is 134 Å². The van der Waals surface area contributed by atoms with Gasteiger partial charge in [0.05, 0.1) is 22.5 Å². The predicted molar refractivity (Wildman–Crippen MR) is 174 cm³/mol. The molecule has 3 aliphatic carbocycles. The average molecular weight is 554 g/mol. The molecule has 0 saturated heterocycles. The van der Waals surface area contributed by atoms with Crippen LogP contribution in [0.1, 0.15) is 47.0 Å². The van der Waals surface area contributed by atoms with Gasteiger partial charge in [-0.05, 0) is 53.8 Å². The van der Waals surface area contributed by atoms with Crippen LogP contribution in [0.15, 0.2) is 152 Å². The summed E-state index contributed by atoms with van der Waals surface area (Å²) in [5.74, 6) is 1.24. The topological polar surface area (TPSA) is 38.7 Å². The van der Waals surface area contributed by atoms with Gasteiger partial charge in [0.2, 0.25) is 0 Å². The first kappa shape index (κ1) is 25.6. The highest BCUT2D eigenvalue weighted by atomic mass is 14.9. The second kappa shape index (κ2) is 10.6. The van der Waals surface area contributed by atoms with Crippen LogP contribution in [0.25, 0.3) is 28.1 Å². The lowest BCUT2D eigenvalue weighted by Gasteiger charge is -2.37. The smallest absolute Gasteiger partial charge is 0.160 e. The molecule has 0 fully saturated rings. The van der Waals surface area contributed by atoms with E-state index in [1.54, 1.807) is 0 Å². The quantitative estimate of drug-likeness (QED) is 0.218. The molecule has 2 heterocycles. The summed E-state index contributed by atoms with van der Waals surface area (Å²) in [6, 6.07) is 36.7. The third-order valence-electron chi connectivity index (χ3n) is 9.11. The van der Waals surface area contributed by atoms with Crippen LogP contribution in [-0.4, -0.2) is 15.0 Å². The zero-order chi connectivity index (χ0) is 28.6. The Labute approximate surface area is 252 Å². The number of fused-ring (bicyclic) bond motifs is 3. The van der Waals surface area contributed by atoms with Crippen LogP contribution in [0.2, 0.25) is 0 Å². The van der Waals surface area contributed by atoms with Gasteiger partial charge in [0.25, 0.3) is 0 Å². The van der Waals surface area contributed by atoms with E-state index in [9.17, 15) is 0 Å². The third kappa shape index (κ3) is 4.23. The fourth-order valence-corrected chi connectivity index (χ4v) is 7.21. The Morgan fingerprint density at radius 1 is 0.674 bits per heavy atom. The van der Waals surface area contributed by atoms with E-state index in [0.717, 1.165) is 52.4 Å². The van der Waals surface area contributed by atoms with Gasteiger partial charge in [-0.25, -0.2) is 9.97 Å². The molecule has 3 heteroatoms. The SMILES string of the molecule is C1=CC2c3ccc(-c4cc(-c5ccccc5)nc(C5=CCCC=C5)n4)cc3C(c3ccccc3)(c3ccccn3)C2C=C1. The summed E-state index contributed by atoms with van der Waals surface area (Å²) < 4.78 is 0. The zero-order valence-electron chi connectivity index (χ0n) is 23.8. The Hall–Kier alpha value is -5.15. The van der Waals surface area contributed by atoms with Crippen molar-refractivity contribution in [2.75, 3.05) is 0 Å². The van der Waals surface area contributed by atoms with Gasteiger partial charge >= 0.3 is 0 Å². The summed E-state index contributed by atoms with van der Waals surface area (Å²) >= 11 is 0. The number of benzene rings is 3. The highest BCUT2D eigenvalue weighted by molar-refractivity contribution is 5.77. The Morgan fingerprint density at radius 3 is 2.21 bits per heavy atom. The standard InChI is InChI=1S/C40H31N3/c1-4-14-28(15-5-1)36-27-37(43-39(42-36)29-16-6-2-7-17-29)30-23-24-33-32-20-10-11-21-34(32)40(35(33)26-30,31-18-8-3-9-19-31)38-22-12-13-25-41-38/h1,3-6,8-27,32,34H,2,7H2. The van der Waals surface area contributed by atoms with Crippen LogP contribution in [0, 0.1) is 5.92 Å². The summed E-state index contributed by atoms with van der Waals surface area (Å²) in [6.07, 6.45) is 19.7. The lowest BCUT2D eigenvalue weighted by Crippen LogP contribution is -2.35. The normalized spacial score (nSPS) is 21.7. The lowest BCUT2D eigenvalue weighted by molar-refractivity contribution is 0.446. The molecule has 0 bridgehead atoms. The van der Waals surface area contributed by atoms with Crippen molar-refractivity contribution in [1.82, 2.24) is 15.0 Å². The molecule has 0 amide bonds. The lowest BCUT2D eigenvalue weighted by atomic mass is 9.65. The van der Waals surface area contributed by atoms with E-state index < -0.39 is 5.41 Å². The maximum atomic E-state index is 5.19. The molecule has 3 aromatic carbocycles. The van der Waals surface area contributed by atoms with Crippen molar-refractivity contribution in [3.8, 4) is 22.5 Å². The molecule has 43 heavy (non-hydrogen) atoms. The monoisotopic (exact) mass is 553 g/mol. The summed E-state index contributed by atoms with van der Waals surface area (Å²) in [5, 5.41) is 0. The van der Waals surface area contributed by atoms with Crippen molar-refractivity contribution in [3.05, 3.63) is 180 Å². The van der Waals surface area contributed by atoms with Crippen LogP contribution >= 0.6 is 0 Å². The second-order valence-electron chi connectivity index (χ2n) is 11.5. The van der Waals surface area contributed by atoms with Crippen LogP contribution in [0.3, 0.4) is 0 Å². The predicted octanol–water partition coefficient (Wildman–Crippen LogP) is 9.11. The molecule has 0 spiro atoms. The molecule has 3 nitrogen and oxygen atoms in total. The first-order valence-electron chi connectivity index (χ1n) is 15.1. The van der Waals surface area contributed by atoms with Gasteiger partial charge in [-0.2, -0.15) is 0 Å². The molecule has 8 rings (SSSR count). The number of pyridine rings is 1. The van der Waals surface area contributed by atoms with Crippen molar-refractivity contribution in [3.63, 3.8) is 0 Å². The van der Waals surface area contributed by atoms with Gasteiger partial charge in [-0.3, -0.25) is 4.98 Å².